The van der Waals surface area contributed by atoms with Crippen molar-refractivity contribution in [2.75, 3.05) is 11.9 Å². The van der Waals surface area contributed by atoms with Gasteiger partial charge in [-0.05, 0) is 52.7 Å². The number of benzene rings is 1. The molecule has 0 radical (unpaired) electrons. The smallest absolute Gasteiger partial charge is 0.252 e. The molecule has 0 aliphatic carbocycles. The lowest BCUT2D eigenvalue weighted by atomic mass is 10.2. The van der Waals surface area contributed by atoms with Gasteiger partial charge in [0.2, 0.25) is 5.91 Å². The average molecular weight is 380 g/mol. The van der Waals surface area contributed by atoms with Gasteiger partial charge in [0.1, 0.15) is 11.6 Å². The third kappa shape index (κ3) is 4.85. The van der Waals surface area contributed by atoms with Crippen molar-refractivity contribution in [3.63, 3.8) is 0 Å². The fourth-order valence-corrected chi connectivity index (χ4v) is 2.29. The van der Waals surface area contributed by atoms with E-state index >= 15 is 0 Å². The van der Waals surface area contributed by atoms with E-state index in [1.807, 2.05) is 13.0 Å². The Bertz CT molecular complexity index is 737. The fraction of sp³-hybridized carbons (Fsp3) is 0.188. The molecule has 2 rings (SSSR count). The number of rotatable bonds is 5. The first-order valence-corrected chi connectivity index (χ1v) is 7.71. The summed E-state index contributed by atoms with van der Waals surface area (Å²) in [6.07, 6.45) is 1.68. The van der Waals surface area contributed by atoms with Gasteiger partial charge in [0.25, 0.3) is 5.91 Å². The van der Waals surface area contributed by atoms with E-state index in [1.54, 1.807) is 12.3 Å². The largest absolute Gasteiger partial charge is 0.351 e. The van der Waals surface area contributed by atoms with Crippen LogP contribution in [-0.2, 0) is 4.79 Å². The Balaban J connectivity index is 1.85. The summed E-state index contributed by atoms with van der Waals surface area (Å²) in [7, 11) is 0. The second-order valence-corrected chi connectivity index (χ2v) is 5.70. The third-order valence-electron chi connectivity index (χ3n) is 3.08. The molecule has 0 unspecified atom stereocenters. The van der Waals surface area contributed by atoms with Gasteiger partial charge in [0.15, 0.2) is 0 Å². The number of hydrogen-bond acceptors (Lipinski definition) is 3. The number of pyridine rings is 1. The zero-order valence-corrected chi connectivity index (χ0v) is 14.0. The highest BCUT2D eigenvalue weighted by Crippen LogP contribution is 2.17. The van der Waals surface area contributed by atoms with Gasteiger partial charge in [0, 0.05) is 23.6 Å². The predicted octanol–water partition coefficient (Wildman–Crippen LogP) is 3.05. The number of hydrogen-bond donors (Lipinski definition) is 2. The summed E-state index contributed by atoms with van der Waals surface area (Å²) in [5.74, 6) is -0.706. The molecule has 0 saturated carbocycles. The van der Waals surface area contributed by atoms with Crippen molar-refractivity contribution < 1.29 is 14.0 Å². The zero-order valence-electron chi connectivity index (χ0n) is 12.4. The molecule has 2 aromatic rings. The molecule has 0 bridgehead atoms. The average Bonchev–Trinajstić information content (AvgIpc) is 2.52. The molecule has 0 aliphatic rings. The second-order valence-electron chi connectivity index (χ2n) is 4.85. The van der Waals surface area contributed by atoms with Gasteiger partial charge in [-0.2, -0.15) is 0 Å². The maximum absolute atomic E-state index is 13.2. The normalized spacial score (nSPS) is 10.2. The molecule has 23 heavy (non-hydrogen) atoms. The SMILES string of the molecule is Cc1cccnc1NC(=O)CCNC(=O)c1cc(F)ccc1Br. The number of amides is 2. The Morgan fingerprint density at radius 3 is 2.83 bits per heavy atom. The van der Waals surface area contributed by atoms with E-state index in [9.17, 15) is 14.0 Å². The van der Waals surface area contributed by atoms with Crippen molar-refractivity contribution in [1.29, 1.82) is 0 Å². The Kier molecular flexibility index (Phi) is 5.81. The number of carbonyl (C=O) groups excluding carboxylic acids is 2. The van der Waals surface area contributed by atoms with Gasteiger partial charge < -0.3 is 10.6 Å². The molecule has 120 valence electrons. The molecule has 7 heteroatoms. The zero-order chi connectivity index (χ0) is 16.8. The summed E-state index contributed by atoms with van der Waals surface area (Å²) in [6, 6.07) is 7.47. The summed E-state index contributed by atoms with van der Waals surface area (Å²) in [6.45, 7) is 1.98. The molecular formula is C16H15BrFN3O2. The van der Waals surface area contributed by atoms with Gasteiger partial charge in [-0.25, -0.2) is 9.37 Å². The number of nitrogens with one attached hydrogen (secondary N) is 2. The lowest BCUT2D eigenvalue weighted by Gasteiger charge is -2.08. The van der Waals surface area contributed by atoms with Crippen LogP contribution in [0.25, 0.3) is 0 Å². The maximum atomic E-state index is 13.2. The summed E-state index contributed by atoms with van der Waals surface area (Å²) in [5, 5.41) is 5.26. The Labute approximate surface area is 141 Å². The van der Waals surface area contributed by atoms with Gasteiger partial charge in [-0.1, -0.05) is 6.07 Å². The number of anilines is 1. The van der Waals surface area contributed by atoms with Crippen molar-refractivity contribution in [3.05, 3.63) is 57.9 Å². The van der Waals surface area contributed by atoms with Crippen molar-refractivity contribution in [1.82, 2.24) is 10.3 Å². The standard InChI is InChI=1S/C16H15BrFN3O2/c1-10-3-2-7-19-15(10)21-14(22)6-8-20-16(23)12-9-11(18)4-5-13(12)17/h2-5,7,9H,6,8H2,1H3,(H,20,23)(H,19,21,22). The molecule has 0 aliphatic heterocycles. The highest BCUT2D eigenvalue weighted by atomic mass is 79.9. The number of aryl methyl sites for hydroxylation is 1. The van der Waals surface area contributed by atoms with Crippen molar-refractivity contribution in [2.45, 2.75) is 13.3 Å². The van der Waals surface area contributed by atoms with Crippen molar-refractivity contribution in [2.24, 2.45) is 0 Å². The maximum Gasteiger partial charge on any atom is 0.252 e. The van der Waals surface area contributed by atoms with Crippen molar-refractivity contribution >= 4 is 33.6 Å². The Morgan fingerprint density at radius 2 is 2.09 bits per heavy atom. The first-order valence-electron chi connectivity index (χ1n) is 6.92. The molecule has 0 atom stereocenters. The first-order chi connectivity index (χ1) is 11.0. The minimum absolute atomic E-state index is 0.0920. The van der Waals surface area contributed by atoms with E-state index in [0.717, 1.165) is 11.6 Å². The summed E-state index contributed by atoms with van der Waals surface area (Å²) < 4.78 is 13.7. The molecule has 0 spiro atoms. The number of aromatic nitrogens is 1. The third-order valence-corrected chi connectivity index (χ3v) is 3.77. The van der Waals surface area contributed by atoms with E-state index in [1.165, 1.54) is 12.1 Å². The van der Waals surface area contributed by atoms with Crippen LogP contribution in [0.5, 0.6) is 0 Å². The van der Waals surface area contributed by atoms with Crippen LogP contribution in [0.15, 0.2) is 41.0 Å². The van der Waals surface area contributed by atoms with Crippen LogP contribution < -0.4 is 10.6 Å². The van der Waals surface area contributed by atoms with Crippen LogP contribution in [0.3, 0.4) is 0 Å². The van der Waals surface area contributed by atoms with Gasteiger partial charge >= 0.3 is 0 Å². The fourth-order valence-electron chi connectivity index (χ4n) is 1.87. The minimum Gasteiger partial charge on any atom is -0.351 e. The molecule has 0 fully saturated rings. The summed E-state index contributed by atoms with van der Waals surface area (Å²) >= 11 is 3.19. The monoisotopic (exact) mass is 379 g/mol. The number of halogens is 2. The summed E-state index contributed by atoms with van der Waals surface area (Å²) in [5.41, 5.74) is 1.04. The van der Waals surface area contributed by atoms with Crippen LogP contribution in [0.2, 0.25) is 0 Å². The number of nitrogens with zero attached hydrogens (tertiary/aromatic N) is 1. The Hall–Kier alpha value is -2.28. The van der Waals surface area contributed by atoms with Gasteiger partial charge in [-0.15, -0.1) is 0 Å². The predicted molar refractivity (Wildman–Crippen MR) is 88.7 cm³/mol. The van der Waals surface area contributed by atoms with E-state index < -0.39 is 11.7 Å². The molecule has 1 heterocycles. The number of carbonyl (C=O) groups is 2. The molecule has 1 aromatic heterocycles. The van der Waals surface area contributed by atoms with Crippen LogP contribution in [0, 0.1) is 12.7 Å². The van der Waals surface area contributed by atoms with E-state index in [-0.39, 0.29) is 24.4 Å². The second kappa shape index (κ2) is 7.82. The van der Waals surface area contributed by atoms with Crippen LogP contribution >= 0.6 is 15.9 Å². The molecule has 1 aromatic carbocycles. The van der Waals surface area contributed by atoms with Gasteiger partial charge in [-0.3, -0.25) is 9.59 Å². The van der Waals surface area contributed by atoms with E-state index in [0.29, 0.717) is 10.3 Å². The van der Waals surface area contributed by atoms with E-state index in [4.69, 9.17) is 0 Å². The van der Waals surface area contributed by atoms with Gasteiger partial charge in [0.05, 0.1) is 5.56 Å². The van der Waals surface area contributed by atoms with Crippen LogP contribution in [-0.4, -0.2) is 23.3 Å². The van der Waals surface area contributed by atoms with Crippen LogP contribution in [0.4, 0.5) is 10.2 Å². The summed E-state index contributed by atoms with van der Waals surface area (Å²) in [4.78, 5) is 27.9. The topological polar surface area (TPSA) is 71.1 Å². The molecule has 0 saturated heterocycles. The molecule has 2 amide bonds. The molecule has 2 N–H and O–H groups in total. The lowest BCUT2D eigenvalue weighted by molar-refractivity contribution is -0.116. The first kappa shape index (κ1) is 17.1. The van der Waals surface area contributed by atoms with Crippen LogP contribution in [0.1, 0.15) is 22.3 Å². The minimum atomic E-state index is -0.498. The highest BCUT2D eigenvalue weighted by molar-refractivity contribution is 9.10. The lowest BCUT2D eigenvalue weighted by Crippen LogP contribution is -2.28. The quantitative estimate of drug-likeness (QED) is 0.838. The molecular weight excluding hydrogens is 365 g/mol. The van der Waals surface area contributed by atoms with E-state index in [2.05, 4.69) is 31.5 Å². The molecule has 5 nitrogen and oxygen atoms in total. The Morgan fingerprint density at radius 1 is 1.30 bits per heavy atom. The highest BCUT2D eigenvalue weighted by Gasteiger charge is 2.12. The van der Waals surface area contributed by atoms with Crippen molar-refractivity contribution in [3.8, 4) is 0 Å².